The number of carbonyl (C=O) groups excluding carboxylic acids is 2. The molecule has 0 radical (unpaired) electrons. The molecule has 1 N–H and O–H groups in total. The number of nitrogens with zero attached hydrogens (tertiary/aromatic N) is 1. The maximum absolute atomic E-state index is 12.5. The van der Waals surface area contributed by atoms with E-state index in [1.165, 1.54) is 12.0 Å². The van der Waals surface area contributed by atoms with Gasteiger partial charge in [-0.25, -0.2) is 0 Å². The molecular weight excluding hydrogens is 270 g/mol. The molecule has 0 aliphatic carbocycles. The van der Waals surface area contributed by atoms with Gasteiger partial charge in [-0.1, -0.05) is 17.9 Å². The van der Waals surface area contributed by atoms with Crippen LogP contribution in [0.2, 0.25) is 0 Å². The van der Waals surface area contributed by atoms with E-state index in [1.54, 1.807) is 24.3 Å². The smallest absolute Gasteiger partial charge is 0.325 e. The zero-order valence-corrected chi connectivity index (χ0v) is 12.4. The molecule has 0 aliphatic rings. The number of aliphatic hydroxyl groups excluding tert-OH is 1. The summed E-state index contributed by atoms with van der Waals surface area (Å²) in [6, 6.07) is 6.63. The maximum atomic E-state index is 12.5. The number of amides is 1. The van der Waals surface area contributed by atoms with Crippen molar-refractivity contribution in [3.8, 4) is 11.8 Å². The number of carbonyl (C=O) groups is 2. The van der Waals surface area contributed by atoms with E-state index in [9.17, 15) is 9.59 Å². The second-order valence-corrected chi connectivity index (χ2v) is 4.64. The van der Waals surface area contributed by atoms with Crippen molar-refractivity contribution in [3.05, 3.63) is 35.4 Å². The van der Waals surface area contributed by atoms with Crippen molar-refractivity contribution >= 4 is 11.9 Å². The third-order valence-corrected chi connectivity index (χ3v) is 2.83. The number of aliphatic hydroxyl groups is 1. The van der Waals surface area contributed by atoms with Gasteiger partial charge in [-0.3, -0.25) is 9.59 Å². The topological polar surface area (TPSA) is 66.8 Å². The molecule has 0 aromatic heterocycles. The number of methoxy groups -OCH3 is 1. The SMILES string of the molecule is COC(=O)CN(C(=O)c1cccc(C#CCO)c1)C(C)C. The molecule has 0 aliphatic heterocycles. The predicted octanol–water partition coefficient (Wildman–Crippen LogP) is 1.05. The standard InChI is InChI=1S/C16H19NO4/c1-12(2)17(11-15(19)21-3)16(20)14-8-4-6-13(10-14)7-5-9-18/h4,6,8,10,12,18H,9,11H2,1-3H3. The first-order valence-corrected chi connectivity index (χ1v) is 6.57. The van der Waals surface area contributed by atoms with Gasteiger partial charge < -0.3 is 14.7 Å². The molecule has 0 heterocycles. The normalized spacial score (nSPS) is 9.76. The summed E-state index contributed by atoms with van der Waals surface area (Å²) in [5, 5.41) is 8.69. The summed E-state index contributed by atoms with van der Waals surface area (Å²) in [5.41, 5.74) is 1.08. The lowest BCUT2D eigenvalue weighted by molar-refractivity contribution is -0.141. The second kappa shape index (κ2) is 8.08. The molecule has 1 rings (SSSR count). The molecule has 1 amide bonds. The lowest BCUT2D eigenvalue weighted by Crippen LogP contribution is -2.41. The molecule has 1 aromatic rings. The largest absolute Gasteiger partial charge is 0.468 e. The summed E-state index contributed by atoms with van der Waals surface area (Å²) in [7, 11) is 1.29. The van der Waals surface area contributed by atoms with E-state index in [0.717, 1.165) is 0 Å². The van der Waals surface area contributed by atoms with Crippen LogP contribution < -0.4 is 0 Å². The van der Waals surface area contributed by atoms with Gasteiger partial charge >= 0.3 is 5.97 Å². The summed E-state index contributed by atoms with van der Waals surface area (Å²) in [6.07, 6.45) is 0. The number of esters is 1. The van der Waals surface area contributed by atoms with Crippen LogP contribution in [0.4, 0.5) is 0 Å². The molecule has 0 fully saturated rings. The van der Waals surface area contributed by atoms with Gasteiger partial charge in [-0.15, -0.1) is 0 Å². The Bertz CT molecular complexity index is 569. The molecule has 112 valence electrons. The predicted molar refractivity (Wildman–Crippen MR) is 78.6 cm³/mol. The molecular formula is C16H19NO4. The Balaban J connectivity index is 3.01. The van der Waals surface area contributed by atoms with Gasteiger partial charge in [-0.05, 0) is 32.0 Å². The highest BCUT2D eigenvalue weighted by Gasteiger charge is 2.21. The molecule has 1 aromatic carbocycles. The van der Waals surface area contributed by atoms with Gasteiger partial charge in [0.1, 0.15) is 13.2 Å². The third-order valence-electron chi connectivity index (χ3n) is 2.83. The summed E-state index contributed by atoms with van der Waals surface area (Å²) < 4.78 is 4.61. The van der Waals surface area contributed by atoms with Crippen molar-refractivity contribution < 1.29 is 19.4 Å². The molecule has 0 bridgehead atoms. The number of ether oxygens (including phenoxy) is 1. The molecule has 5 heteroatoms. The first-order valence-electron chi connectivity index (χ1n) is 6.57. The molecule has 0 saturated heterocycles. The maximum Gasteiger partial charge on any atom is 0.325 e. The lowest BCUT2D eigenvalue weighted by atomic mass is 10.1. The van der Waals surface area contributed by atoms with Crippen LogP contribution >= 0.6 is 0 Å². The highest BCUT2D eigenvalue weighted by Crippen LogP contribution is 2.11. The van der Waals surface area contributed by atoms with E-state index in [2.05, 4.69) is 16.6 Å². The fraction of sp³-hybridized carbons (Fsp3) is 0.375. The van der Waals surface area contributed by atoms with Crippen LogP contribution in [0.3, 0.4) is 0 Å². The second-order valence-electron chi connectivity index (χ2n) is 4.64. The van der Waals surface area contributed by atoms with Gasteiger partial charge in [0.25, 0.3) is 5.91 Å². The Hall–Kier alpha value is -2.32. The van der Waals surface area contributed by atoms with E-state index < -0.39 is 5.97 Å². The Labute approximate surface area is 124 Å². The molecule has 0 unspecified atom stereocenters. The summed E-state index contributed by atoms with van der Waals surface area (Å²) in [5.74, 6) is 4.55. The number of rotatable bonds is 4. The number of hydrogen-bond acceptors (Lipinski definition) is 4. The Kier molecular flexibility index (Phi) is 6.44. The molecule has 0 atom stereocenters. The van der Waals surface area contributed by atoms with Crippen LogP contribution in [-0.2, 0) is 9.53 Å². The van der Waals surface area contributed by atoms with Gasteiger partial charge in [-0.2, -0.15) is 0 Å². The van der Waals surface area contributed by atoms with Crippen molar-refractivity contribution in [1.29, 1.82) is 0 Å². The molecule has 0 spiro atoms. The van der Waals surface area contributed by atoms with Crippen molar-refractivity contribution in [3.63, 3.8) is 0 Å². The van der Waals surface area contributed by atoms with Crippen molar-refractivity contribution in [2.75, 3.05) is 20.3 Å². The minimum Gasteiger partial charge on any atom is -0.468 e. The van der Waals surface area contributed by atoms with Gasteiger partial charge in [0.05, 0.1) is 7.11 Å². The fourth-order valence-electron chi connectivity index (χ4n) is 1.73. The highest BCUT2D eigenvalue weighted by atomic mass is 16.5. The quantitative estimate of drug-likeness (QED) is 0.664. The van der Waals surface area contributed by atoms with E-state index >= 15 is 0 Å². The van der Waals surface area contributed by atoms with Gasteiger partial charge in [0, 0.05) is 17.2 Å². The Morgan fingerprint density at radius 1 is 1.38 bits per heavy atom. The van der Waals surface area contributed by atoms with Crippen LogP contribution in [0.1, 0.15) is 29.8 Å². The zero-order valence-electron chi connectivity index (χ0n) is 12.4. The summed E-state index contributed by atoms with van der Waals surface area (Å²) in [4.78, 5) is 25.3. The lowest BCUT2D eigenvalue weighted by Gasteiger charge is -2.25. The van der Waals surface area contributed by atoms with E-state index in [1.807, 2.05) is 13.8 Å². The molecule has 5 nitrogen and oxygen atoms in total. The fourth-order valence-corrected chi connectivity index (χ4v) is 1.73. The van der Waals surface area contributed by atoms with E-state index in [-0.39, 0.29) is 25.1 Å². The van der Waals surface area contributed by atoms with Crippen LogP contribution in [0.15, 0.2) is 24.3 Å². The van der Waals surface area contributed by atoms with Crippen molar-refractivity contribution in [1.82, 2.24) is 4.90 Å². The Morgan fingerprint density at radius 3 is 2.67 bits per heavy atom. The van der Waals surface area contributed by atoms with Gasteiger partial charge in [0.15, 0.2) is 0 Å². The monoisotopic (exact) mass is 289 g/mol. The van der Waals surface area contributed by atoms with E-state index in [0.29, 0.717) is 11.1 Å². The first-order chi connectivity index (χ1) is 9.99. The average Bonchev–Trinajstić information content (AvgIpc) is 2.49. The summed E-state index contributed by atoms with van der Waals surface area (Å²) >= 11 is 0. The highest BCUT2D eigenvalue weighted by molar-refractivity contribution is 5.96. The van der Waals surface area contributed by atoms with Crippen molar-refractivity contribution in [2.45, 2.75) is 19.9 Å². The van der Waals surface area contributed by atoms with Crippen LogP contribution in [-0.4, -0.2) is 48.2 Å². The zero-order chi connectivity index (χ0) is 15.8. The van der Waals surface area contributed by atoms with Crippen molar-refractivity contribution in [2.24, 2.45) is 0 Å². The molecule has 21 heavy (non-hydrogen) atoms. The van der Waals surface area contributed by atoms with Crippen LogP contribution in [0.5, 0.6) is 0 Å². The molecule has 0 saturated carbocycles. The minimum atomic E-state index is -0.465. The minimum absolute atomic E-state index is 0.0977. The average molecular weight is 289 g/mol. The van der Waals surface area contributed by atoms with Crippen LogP contribution in [0, 0.1) is 11.8 Å². The third kappa shape index (κ3) is 4.93. The number of benzene rings is 1. The number of hydrogen-bond donors (Lipinski definition) is 1. The first kappa shape index (κ1) is 16.7. The Morgan fingerprint density at radius 2 is 2.10 bits per heavy atom. The summed E-state index contributed by atoms with van der Waals surface area (Å²) in [6.45, 7) is 3.32. The van der Waals surface area contributed by atoms with E-state index in [4.69, 9.17) is 5.11 Å². The van der Waals surface area contributed by atoms with Crippen LogP contribution in [0.25, 0.3) is 0 Å². The van der Waals surface area contributed by atoms with Gasteiger partial charge in [0.2, 0.25) is 0 Å².